The van der Waals surface area contributed by atoms with Crippen molar-refractivity contribution in [2.45, 2.75) is 0 Å². The molecule has 0 saturated carbocycles. The highest BCUT2D eigenvalue weighted by Gasteiger charge is 2.10. The Morgan fingerprint density at radius 1 is 1.18 bits per heavy atom. The van der Waals surface area contributed by atoms with Gasteiger partial charge in [0, 0.05) is 25.7 Å². The molecule has 0 spiro atoms. The van der Waals surface area contributed by atoms with Gasteiger partial charge < -0.3 is 10.6 Å². The Morgan fingerprint density at radius 2 is 1.88 bits per heavy atom. The van der Waals surface area contributed by atoms with Crippen LogP contribution in [0.1, 0.15) is 10.4 Å². The fourth-order valence-corrected chi connectivity index (χ4v) is 1.84. The second kappa shape index (κ2) is 4.97. The molecule has 0 heterocycles. The third-order valence-corrected chi connectivity index (χ3v) is 2.81. The molecule has 1 amide bonds. The number of hydrogen-bond acceptors (Lipinski definition) is 2. The second-order valence-corrected chi connectivity index (χ2v) is 4.08. The highest BCUT2D eigenvalue weighted by Crippen LogP contribution is 2.16. The lowest BCUT2D eigenvalue weighted by atomic mass is 10.1. The Morgan fingerprint density at radius 3 is 2.59 bits per heavy atom. The molecule has 0 radical (unpaired) electrons. The molecule has 2 aromatic carbocycles. The molecule has 0 fully saturated rings. The van der Waals surface area contributed by atoms with E-state index in [0.717, 1.165) is 10.8 Å². The van der Waals surface area contributed by atoms with Gasteiger partial charge in [0.2, 0.25) is 0 Å². The number of carbonyl (C=O) groups excluding carboxylic acids is 1. The predicted octanol–water partition coefficient (Wildman–Crippen LogP) is 1.87. The Labute approximate surface area is 101 Å². The normalized spacial score (nSPS) is 10.5. The first kappa shape index (κ1) is 11.6. The monoisotopic (exact) mass is 228 g/mol. The van der Waals surface area contributed by atoms with Gasteiger partial charge in [0.15, 0.2) is 0 Å². The molecular formula is C14H16N2O. The number of fused-ring (bicyclic) bond motifs is 1. The van der Waals surface area contributed by atoms with Crippen LogP contribution in [0.15, 0.2) is 42.5 Å². The van der Waals surface area contributed by atoms with Gasteiger partial charge in [-0.1, -0.05) is 30.3 Å². The van der Waals surface area contributed by atoms with Crippen LogP contribution in [0.3, 0.4) is 0 Å². The van der Waals surface area contributed by atoms with E-state index in [0.29, 0.717) is 18.7 Å². The Hall–Kier alpha value is -1.87. The van der Waals surface area contributed by atoms with E-state index in [1.165, 1.54) is 0 Å². The van der Waals surface area contributed by atoms with Crippen molar-refractivity contribution in [1.82, 2.24) is 4.90 Å². The van der Waals surface area contributed by atoms with E-state index in [-0.39, 0.29) is 5.91 Å². The van der Waals surface area contributed by atoms with Gasteiger partial charge in [0.25, 0.3) is 5.91 Å². The van der Waals surface area contributed by atoms with Crippen molar-refractivity contribution in [1.29, 1.82) is 0 Å². The maximum atomic E-state index is 12.0. The fraction of sp³-hybridized carbons (Fsp3) is 0.214. The van der Waals surface area contributed by atoms with E-state index in [4.69, 9.17) is 5.73 Å². The minimum Gasteiger partial charge on any atom is -0.340 e. The molecule has 0 aliphatic heterocycles. The van der Waals surface area contributed by atoms with Crippen LogP contribution in [0, 0.1) is 0 Å². The smallest absolute Gasteiger partial charge is 0.253 e. The van der Waals surface area contributed by atoms with Crippen LogP contribution in [-0.2, 0) is 0 Å². The maximum absolute atomic E-state index is 12.0. The van der Waals surface area contributed by atoms with Gasteiger partial charge >= 0.3 is 0 Å². The Bertz CT molecular complexity index is 536. The fourth-order valence-electron chi connectivity index (χ4n) is 1.84. The van der Waals surface area contributed by atoms with Crippen molar-refractivity contribution in [2.75, 3.05) is 20.1 Å². The largest absolute Gasteiger partial charge is 0.340 e. The van der Waals surface area contributed by atoms with E-state index >= 15 is 0 Å². The van der Waals surface area contributed by atoms with E-state index < -0.39 is 0 Å². The molecular weight excluding hydrogens is 212 g/mol. The molecule has 3 heteroatoms. The first-order chi connectivity index (χ1) is 8.22. The minimum atomic E-state index is 0.0150. The van der Waals surface area contributed by atoms with Crippen LogP contribution in [0.4, 0.5) is 0 Å². The topological polar surface area (TPSA) is 46.3 Å². The van der Waals surface area contributed by atoms with E-state index in [9.17, 15) is 4.79 Å². The number of amides is 1. The van der Waals surface area contributed by atoms with Gasteiger partial charge in [-0.05, 0) is 22.9 Å². The number of benzene rings is 2. The molecule has 3 nitrogen and oxygen atoms in total. The number of hydrogen-bond donors (Lipinski definition) is 1. The molecule has 0 aromatic heterocycles. The zero-order valence-corrected chi connectivity index (χ0v) is 9.89. The number of nitrogens with zero attached hydrogens (tertiary/aromatic N) is 1. The number of likely N-dealkylation sites (N-methyl/N-ethyl adjacent to an activating group) is 1. The number of carbonyl (C=O) groups is 1. The summed E-state index contributed by atoms with van der Waals surface area (Å²) in [7, 11) is 1.77. The average Bonchev–Trinajstić information content (AvgIpc) is 2.37. The SMILES string of the molecule is CN(CCN)C(=O)c1ccc2ccccc2c1. The molecule has 0 bridgehead atoms. The summed E-state index contributed by atoms with van der Waals surface area (Å²) in [4.78, 5) is 13.7. The van der Waals surface area contributed by atoms with Crippen molar-refractivity contribution in [3.05, 3.63) is 48.0 Å². The third kappa shape index (κ3) is 2.45. The predicted molar refractivity (Wildman–Crippen MR) is 70.0 cm³/mol. The zero-order chi connectivity index (χ0) is 12.3. The summed E-state index contributed by atoms with van der Waals surface area (Å²) in [5.41, 5.74) is 6.15. The van der Waals surface area contributed by atoms with E-state index in [2.05, 4.69) is 0 Å². The van der Waals surface area contributed by atoms with Gasteiger partial charge in [0.1, 0.15) is 0 Å². The Balaban J connectivity index is 2.33. The molecule has 0 atom stereocenters. The quantitative estimate of drug-likeness (QED) is 0.871. The minimum absolute atomic E-state index is 0.0150. The second-order valence-electron chi connectivity index (χ2n) is 4.08. The highest BCUT2D eigenvalue weighted by molar-refractivity contribution is 5.98. The summed E-state index contributed by atoms with van der Waals surface area (Å²) in [6, 6.07) is 13.8. The van der Waals surface area contributed by atoms with Crippen molar-refractivity contribution in [3.8, 4) is 0 Å². The van der Waals surface area contributed by atoms with Crippen LogP contribution in [0.5, 0.6) is 0 Å². The van der Waals surface area contributed by atoms with Crippen molar-refractivity contribution in [3.63, 3.8) is 0 Å². The summed E-state index contributed by atoms with van der Waals surface area (Å²) in [6.07, 6.45) is 0. The van der Waals surface area contributed by atoms with Crippen LogP contribution in [0.25, 0.3) is 10.8 Å². The van der Waals surface area contributed by atoms with Crippen molar-refractivity contribution in [2.24, 2.45) is 5.73 Å². The van der Waals surface area contributed by atoms with Gasteiger partial charge in [-0.25, -0.2) is 0 Å². The molecule has 2 N–H and O–H groups in total. The first-order valence-corrected chi connectivity index (χ1v) is 5.66. The van der Waals surface area contributed by atoms with Crippen LogP contribution >= 0.6 is 0 Å². The molecule has 0 unspecified atom stereocenters. The third-order valence-electron chi connectivity index (χ3n) is 2.81. The van der Waals surface area contributed by atoms with Crippen molar-refractivity contribution >= 4 is 16.7 Å². The molecule has 0 saturated heterocycles. The standard InChI is InChI=1S/C14H16N2O/c1-16(9-8-15)14(17)13-7-6-11-4-2-3-5-12(11)10-13/h2-7,10H,8-9,15H2,1H3. The molecule has 0 aliphatic carbocycles. The average molecular weight is 228 g/mol. The Kier molecular flexibility index (Phi) is 3.40. The summed E-state index contributed by atoms with van der Waals surface area (Å²) in [6.45, 7) is 1.06. The van der Waals surface area contributed by atoms with Crippen LogP contribution in [-0.4, -0.2) is 30.9 Å². The first-order valence-electron chi connectivity index (χ1n) is 5.66. The molecule has 0 aliphatic rings. The van der Waals surface area contributed by atoms with Crippen LogP contribution < -0.4 is 5.73 Å². The molecule has 17 heavy (non-hydrogen) atoms. The van der Waals surface area contributed by atoms with E-state index in [1.807, 2.05) is 42.5 Å². The van der Waals surface area contributed by atoms with Crippen LogP contribution in [0.2, 0.25) is 0 Å². The highest BCUT2D eigenvalue weighted by atomic mass is 16.2. The zero-order valence-electron chi connectivity index (χ0n) is 9.89. The number of nitrogens with two attached hydrogens (primary N) is 1. The summed E-state index contributed by atoms with van der Waals surface area (Å²) in [5.74, 6) is 0.0150. The number of rotatable bonds is 3. The lowest BCUT2D eigenvalue weighted by Crippen LogP contribution is -2.31. The van der Waals surface area contributed by atoms with Gasteiger partial charge in [-0.15, -0.1) is 0 Å². The summed E-state index contributed by atoms with van der Waals surface area (Å²) in [5, 5.41) is 2.23. The summed E-state index contributed by atoms with van der Waals surface area (Å²) < 4.78 is 0. The van der Waals surface area contributed by atoms with E-state index in [1.54, 1.807) is 11.9 Å². The summed E-state index contributed by atoms with van der Waals surface area (Å²) >= 11 is 0. The van der Waals surface area contributed by atoms with Crippen molar-refractivity contribution < 1.29 is 4.79 Å². The lowest BCUT2D eigenvalue weighted by molar-refractivity contribution is 0.0799. The maximum Gasteiger partial charge on any atom is 0.253 e. The van der Waals surface area contributed by atoms with Gasteiger partial charge in [0.05, 0.1) is 0 Å². The lowest BCUT2D eigenvalue weighted by Gasteiger charge is -2.16. The molecule has 2 rings (SSSR count). The molecule has 2 aromatic rings. The van der Waals surface area contributed by atoms with Gasteiger partial charge in [-0.2, -0.15) is 0 Å². The molecule has 88 valence electrons. The van der Waals surface area contributed by atoms with Gasteiger partial charge in [-0.3, -0.25) is 4.79 Å².